The molecule has 0 aromatic heterocycles. The Morgan fingerprint density at radius 3 is 2.77 bits per heavy atom. The number of hydrogen-bond donors (Lipinski definition) is 1. The molecule has 0 spiro atoms. The number of phenols is 1. The molecule has 2 aliphatic carbocycles. The molecule has 26 heavy (non-hydrogen) atoms. The monoisotopic (exact) mass is 354 g/mol. The molecule has 1 heterocycles. The van der Waals surface area contributed by atoms with Gasteiger partial charge in [0.05, 0.1) is 5.56 Å². The van der Waals surface area contributed by atoms with E-state index in [1.807, 2.05) is 26.0 Å². The summed E-state index contributed by atoms with van der Waals surface area (Å²) < 4.78 is 5.21. The van der Waals surface area contributed by atoms with Crippen LogP contribution in [0.25, 0.3) is 0 Å². The van der Waals surface area contributed by atoms with E-state index in [0.717, 1.165) is 28.7 Å². The minimum atomic E-state index is -0.250. The van der Waals surface area contributed by atoms with Crippen molar-refractivity contribution in [3.8, 4) is 5.75 Å². The molecular weight excluding hydrogens is 328 g/mol. The normalized spacial score (nSPS) is 26.2. The first kappa shape index (κ1) is 18.4. The fourth-order valence-electron chi connectivity index (χ4n) is 4.64. The van der Waals surface area contributed by atoms with Crippen LogP contribution in [0.1, 0.15) is 61.5 Å². The van der Waals surface area contributed by atoms with Crippen LogP contribution < -0.4 is 0 Å². The summed E-state index contributed by atoms with van der Waals surface area (Å²) in [5.41, 5.74) is 3.60. The van der Waals surface area contributed by atoms with E-state index in [1.54, 1.807) is 6.08 Å². The van der Waals surface area contributed by atoms with Crippen molar-refractivity contribution in [2.24, 2.45) is 5.92 Å². The molecule has 0 amide bonds. The number of ether oxygens (including phenoxy) is 1. The number of esters is 1. The van der Waals surface area contributed by atoms with Crippen LogP contribution in [0.2, 0.25) is 0 Å². The molecule has 4 rings (SSSR count). The molecule has 0 bridgehead atoms. The fourth-order valence-corrected chi connectivity index (χ4v) is 4.64. The average Bonchev–Trinajstić information content (AvgIpc) is 3.01. The van der Waals surface area contributed by atoms with Crippen LogP contribution in [0.15, 0.2) is 35.9 Å². The third-order valence-electron chi connectivity index (χ3n) is 5.99. The summed E-state index contributed by atoms with van der Waals surface area (Å²) in [5.74, 6) is -0.202. The highest BCUT2D eigenvalue weighted by Crippen LogP contribution is 2.54. The highest BCUT2D eigenvalue weighted by atomic mass is 16.5. The molecule has 0 fully saturated rings. The zero-order chi connectivity index (χ0) is 19.1. The lowest BCUT2D eigenvalue weighted by Gasteiger charge is -2.46. The predicted octanol–water partition coefficient (Wildman–Crippen LogP) is 4.25. The van der Waals surface area contributed by atoms with Gasteiger partial charge in [0.25, 0.3) is 0 Å². The van der Waals surface area contributed by atoms with Crippen molar-refractivity contribution < 1.29 is 19.4 Å². The SMILES string of the molecule is C=CCc1ccc2c(c1O)C(=O)CC1C3=C(CCC21C)C(=O)OC3.CC. The van der Waals surface area contributed by atoms with Crippen LogP contribution in [-0.4, -0.2) is 23.5 Å². The fraction of sp³-hybridized carbons (Fsp3) is 0.455. The first-order valence-corrected chi connectivity index (χ1v) is 9.36. The number of hydrogen-bond acceptors (Lipinski definition) is 4. The Kier molecular flexibility index (Phi) is 4.78. The van der Waals surface area contributed by atoms with E-state index in [-0.39, 0.29) is 28.8 Å². The van der Waals surface area contributed by atoms with Gasteiger partial charge in [0.15, 0.2) is 5.78 Å². The molecule has 4 nitrogen and oxygen atoms in total. The van der Waals surface area contributed by atoms with Gasteiger partial charge in [0.2, 0.25) is 0 Å². The summed E-state index contributed by atoms with van der Waals surface area (Å²) in [6.45, 7) is 10.1. The molecule has 0 saturated heterocycles. The van der Waals surface area contributed by atoms with Crippen molar-refractivity contribution in [3.05, 3.63) is 52.6 Å². The van der Waals surface area contributed by atoms with Gasteiger partial charge in [-0.2, -0.15) is 0 Å². The van der Waals surface area contributed by atoms with Gasteiger partial charge < -0.3 is 9.84 Å². The molecule has 2 atom stereocenters. The van der Waals surface area contributed by atoms with Crippen molar-refractivity contribution in [3.63, 3.8) is 0 Å². The maximum absolute atomic E-state index is 12.8. The number of rotatable bonds is 2. The van der Waals surface area contributed by atoms with E-state index in [1.165, 1.54) is 0 Å². The van der Waals surface area contributed by atoms with E-state index in [0.29, 0.717) is 31.4 Å². The zero-order valence-electron chi connectivity index (χ0n) is 15.7. The van der Waals surface area contributed by atoms with Gasteiger partial charge in [-0.15, -0.1) is 6.58 Å². The van der Waals surface area contributed by atoms with Crippen LogP contribution in [0.4, 0.5) is 0 Å². The number of aromatic hydroxyl groups is 1. The maximum Gasteiger partial charge on any atom is 0.334 e. The number of Topliss-reactive ketones (excluding diaryl/α,β-unsaturated/α-hetero) is 1. The number of allylic oxidation sites excluding steroid dienone is 1. The molecule has 0 radical (unpaired) electrons. The van der Waals surface area contributed by atoms with Gasteiger partial charge in [0.1, 0.15) is 12.4 Å². The second kappa shape index (κ2) is 6.75. The Hall–Kier alpha value is -2.36. The minimum absolute atomic E-state index is 0.0163. The van der Waals surface area contributed by atoms with E-state index in [2.05, 4.69) is 13.5 Å². The Morgan fingerprint density at radius 1 is 1.35 bits per heavy atom. The van der Waals surface area contributed by atoms with E-state index >= 15 is 0 Å². The Labute approximate surface area is 154 Å². The Balaban J connectivity index is 0.000000948. The Bertz CT molecular complexity index is 818. The predicted molar refractivity (Wildman–Crippen MR) is 100 cm³/mol. The number of phenolic OH excluding ortho intramolecular Hbond substituents is 1. The quantitative estimate of drug-likeness (QED) is 0.637. The van der Waals surface area contributed by atoms with Crippen LogP contribution in [0.5, 0.6) is 5.75 Å². The molecule has 2 unspecified atom stereocenters. The van der Waals surface area contributed by atoms with Crippen LogP contribution in [0, 0.1) is 5.92 Å². The molecular formula is C22H26O4. The summed E-state index contributed by atoms with van der Waals surface area (Å²) in [6, 6.07) is 3.86. The number of carbonyl (C=O) groups excluding carboxylic acids is 2. The van der Waals surface area contributed by atoms with E-state index in [4.69, 9.17) is 4.74 Å². The Morgan fingerprint density at radius 2 is 2.08 bits per heavy atom. The average molecular weight is 354 g/mol. The van der Waals surface area contributed by atoms with Crippen molar-refractivity contribution in [1.82, 2.24) is 0 Å². The van der Waals surface area contributed by atoms with Gasteiger partial charge >= 0.3 is 5.97 Å². The molecule has 0 saturated carbocycles. The number of ketones is 1. The summed E-state index contributed by atoms with van der Waals surface area (Å²) >= 11 is 0. The summed E-state index contributed by atoms with van der Waals surface area (Å²) in [7, 11) is 0. The molecule has 1 aromatic carbocycles. The summed E-state index contributed by atoms with van der Waals surface area (Å²) in [5, 5.41) is 10.6. The smallest absolute Gasteiger partial charge is 0.334 e. The molecule has 138 valence electrons. The van der Waals surface area contributed by atoms with Crippen LogP contribution >= 0.6 is 0 Å². The van der Waals surface area contributed by atoms with Gasteiger partial charge in [-0.05, 0) is 36.0 Å². The lowest BCUT2D eigenvalue weighted by atomic mass is 9.56. The van der Waals surface area contributed by atoms with E-state index < -0.39 is 0 Å². The number of carbonyl (C=O) groups is 2. The third kappa shape index (κ3) is 2.51. The molecule has 3 aliphatic rings. The first-order chi connectivity index (χ1) is 12.5. The largest absolute Gasteiger partial charge is 0.507 e. The van der Waals surface area contributed by atoms with Gasteiger partial charge in [-0.3, -0.25) is 4.79 Å². The number of cyclic esters (lactones) is 1. The van der Waals surface area contributed by atoms with Crippen molar-refractivity contribution in [2.75, 3.05) is 6.61 Å². The standard InChI is InChI=1S/C20H20O4.C2H6/c1-3-4-11-5-6-14-17(18(11)22)16(21)9-15-13-10-24-19(23)12(13)7-8-20(14,15)2;1-2/h3,5-6,15,22H,1,4,7-10H2,2H3;1-2H3. The van der Waals surface area contributed by atoms with Gasteiger partial charge in [-0.1, -0.05) is 39.0 Å². The lowest BCUT2D eigenvalue weighted by molar-refractivity contribution is -0.136. The first-order valence-electron chi connectivity index (χ1n) is 9.36. The summed E-state index contributed by atoms with van der Waals surface area (Å²) in [6.07, 6.45) is 4.03. The molecule has 1 N–H and O–H groups in total. The number of benzene rings is 1. The van der Waals surface area contributed by atoms with Gasteiger partial charge in [0, 0.05) is 23.3 Å². The zero-order valence-corrected chi connectivity index (χ0v) is 15.7. The summed E-state index contributed by atoms with van der Waals surface area (Å²) in [4.78, 5) is 24.7. The van der Waals surface area contributed by atoms with Crippen molar-refractivity contribution in [1.29, 1.82) is 0 Å². The topological polar surface area (TPSA) is 63.6 Å². The second-order valence-electron chi connectivity index (χ2n) is 7.17. The lowest BCUT2D eigenvalue weighted by Crippen LogP contribution is -2.43. The maximum atomic E-state index is 12.8. The van der Waals surface area contributed by atoms with Crippen molar-refractivity contribution >= 4 is 11.8 Å². The van der Waals surface area contributed by atoms with Crippen LogP contribution in [0.3, 0.4) is 0 Å². The second-order valence-corrected chi connectivity index (χ2v) is 7.17. The van der Waals surface area contributed by atoms with E-state index in [9.17, 15) is 14.7 Å². The molecule has 1 aromatic rings. The van der Waals surface area contributed by atoms with Crippen molar-refractivity contribution in [2.45, 2.75) is 51.9 Å². The highest BCUT2D eigenvalue weighted by molar-refractivity contribution is 6.03. The van der Waals surface area contributed by atoms with Gasteiger partial charge in [-0.25, -0.2) is 4.79 Å². The van der Waals surface area contributed by atoms with Crippen LogP contribution in [-0.2, 0) is 21.4 Å². The molecule has 4 heteroatoms. The number of fused-ring (bicyclic) bond motifs is 4. The third-order valence-corrected chi connectivity index (χ3v) is 5.99. The minimum Gasteiger partial charge on any atom is -0.507 e. The molecule has 1 aliphatic heterocycles. The highest BCUT2D eigenvalue weighted by Gasteiger charge is 2.51.